The van der Waals surface area contributed by atoms with Gasteiger partial charge >= 0.3 is 5.97 Å². The second kappa shape index (κ2) is 5.51. The molecule has 1 aromatic carbocycles. The average molecular weight is 208 g/mol. The number of carbonyl (C=O) groups is 1. The lowest BCUT2D eigenvalue weighted by molar-refractivity contribution is -0.149. The summed E-state index contributed by atoms with van der Waals surface area (Å²) in [5.74, 6) is -0.374. The Morgan fingerprint density at radius 3 is 2.47 bits per heavy atom. The lowest BCUT2D eigenvalue weighted by Gasteiger charge is -2.12. The number of hydrogen-bond acceptors (Lipinski definition) is 3. The van der Waals surface area contributed by atoms with Crippen LogP contribution in [0, 0.1) is 0 Å². The number of ether oxygens (including phenoxy) is 1. The smallest absolute Gasteiger partial charge is 0.309 e. The molecule has 3 nitrogen and oxygen atoms in total. The summed E-state index contributed by atoms with van der Waals surface area (Å²) >= 11 is 0. The summed E-state index contributed by atoms with van der Waals surface area (Å²) in [6.45, 7) is 3.57. The number of hydrogen-bond donors (Lipinski definition) is 1. The SMILES string of the molecule is CC(C)OC(=O)C[C@H](O)c1ccccc1. The van der Waals surface area contributed by atoms with E-state index >= 15 is 0 Å². The van der Waals surface area contributed by atoms with Gasteiger partial charge in [-0.1, -0.05) is 30.3 Å². The number of esters is 1. The van der Waals surface area contributed by atoms with Gasteiger partial charge < -0.3 is 9.84 Å². The summed E-state index contributed by atoms with van der Waals surface area (Å²) in [4.78, 5) is 11.3. The number of carbonyl (C=O) groups excluding carboxylic acids is 1. The van der Waals surface area contributed by atoms with Crippen molar-refractivity contribution < 1.29 is 14.6 Å². The fraction of sp³-hybridized carbons (Fsp3) is 0.417. The van der Waals surface area contributed by atoms with Crippen LogP contribution in [0.15, 0.2) is 30.3 Å². The molecule has 1 N–H and O–H groups in total. The van der Waals surface area contributed by atoms with E-state index in [-0.39, 0.29) is 18.5 Å². The van der Waals surface area contributed by atoms with E-state index in [1.54, 1.807) is 26.0 Å². The Kier molecular flexibility index (Phi) is 4.31. The molecule has 82 valence electrons. The Morgan fingerprint density at radius 1 is 1.33 bits per heavy atom. The van der Waals surface area contributed by atoms with Gasteiger partial charge in [-0.3, -0.25) is 4.79 Å². The third kappa shape index (κ3) is 4.13. The number of rotatable bonds is 4. The molecule has 1 atom stereocenters. The summed E-state index contributed by atoms with van der Waals surface area (Å²) in [6, 6.07) is 9.09. The summed E-state index contributed by atoms with van der Waals surface area (Å²) in [5.41, 5.74) is 0.734. The van der Waals surface area contributed by atoms with Crippen LogP contribution in [-0.2, 0) is 9.53 Å². The van der Waals surface area contributed by atoms with Gasteiger partial charge in [-0.25, -0.2) is 0 Å². The van der Waals surface area contributed by atoms with Crippen LogP contribution in [0.25, 0.3) is 0 Å². The van der Waals surface area contributed by atoms with E-state index < -0.39 is 6.10 Å². The van der Waals surface area contributed by atoms with Crippen LogP contribution in [0.2, 0.25) is 0 Å². The Hall–Kier alpha value is -1.35. The topological polar surface area (TPSA) is 46.5 Å². The van der Waals surface area contributed by atoms with Crippen LogP contribution >= 0.6 is 0 Å². The minimum Gasteiger partial charge on any atom is -0.463 e. The maximum absolute atomic E-state index is 11.3. The van der Waals surface area contributed by atoms with E-state index in [1.807, 2.05) is 18.2 Å². The number of aliphatic hydroxyl groups excluding tert-OH is 1. The van der Waals surface area contributed by atoms with Gasteiger partial charge in [0.05, 0.1) is 18.6 Å². The van der Waals surface area contributed by atoms with Crippen molar-refractivity contribution in [3.8, 4) is 0 Å². The van der Waals surface area contributed by atoms with Crippen LogP contribution in [0.5, 0.6) is 0 Å². The first-order chi connectivity index (χ1) is 7.09. The zero-order valence-corrected chi connectivity index (χ0v) is 9.01. The van der Waals surface area contributed by atoms with E-state index in [2.05, 4.69) is 0 Å². The molecule has 0 amide bonds. The molecule has 0 aliphatic carbocycles. The van der Waals surface area contributed by atoms with Gasteiger partial charge in [0.2, 0.25) is 0 Å². The second-order valence-electron chi connectivity index (χ2n) is 3.67. The fourth-order valence-electron chi connectivity index (χ4n) is 1.26. The zero-order chi connectivity index (χ0) is 11.3. The van der Waals surface area contributed by atoms with Gasteiger partial charge in [-0.05, 0) is 19.4 Å². The first kappa shape index (κ1) is 11.7. The van der Waals surface area contributed by atoms with Crippen LogP contribution in [0.3, 0.4) is 0 Å². The lowest BCUT2D eigenvalue weighted by atomic mass is 10.1. The minimum atomic E-state index is -0.780. The molecule has 15 heavy (non-hydrogen) atoms. The van der Waals surface area contributed by atoms with Gasteiger partial charge in [0, 0.05) is 0 Å². The predicted octanol–water partition coefficient (Wildman–Crippen LogP) is 2.06. The van der Waals surface area contributed by atoms with Crippen molar-refractivity contribution >= 4 is 5.97 Å². The highest BCUT2D eigenvalue weighted by atomic mass is 16.5. The molecule has 0 saturated carbocycles. The van der Waals surface area contributed by atoms with Crippen molar-refractivity contribution in [2.45, 2.75) is 32.5 Å². The first-order valence-electron chi connectivity index (χ1n) is 5.02. The van der Waals surface area contributed by atoms with Gasteiger partial charge in [0.25, 0.3) is 0 Å². The zero-order valence-electron chi connectivity index (χ0n) is 9.01. The van der Waals surface area contributed by atoms with Crippen molar-refractivity contribution in [1.29, 1.82) is 0 Å². The van der Waals surface area contributed by atoms with E-state index in [0.717, 1.165) is 5.56 Å². The highest BCUT2D eigenvalue weighted by molar-refractivity contribution is 5.70. The molecule has 0 aliphatic rings. The molecule has 0 spiro atoms. The number of benzene rings is 1. The highest BCUT2D eigenvalue weighted by Crippen LogP contribution is 2.16. The van der Waals surface area contributed by atoms with Crippen LogP contribution in [0.1, 0.15) is 31.9 Å². The Bertz CT molecular complexity index is 306. The first-order valence-corrected chi connectivity index (χ1v) is 5.02. The van der Waals surface area contributed by atoms with Gasteiger partial charge in [0.1, 0.15) is 0 Å². The number of aliphatic hydroxyl groups is 1. The van der Waals surface area contributed by atoms with Crippen LogP contribution in [-0.4, -0.2) is 17.2 Å². The summed E-state index contributed by atoms with van der Waals surface area (Å²) in [5, 5.41) is 9.70. The molecule has 0 aromatic heterocycles. The standard InChI is InChI=1S/C12H16O3/c1-9(2)15-12(14)8-11(13)10-6-4-3-5-7-10/h3-7,9,11,13H,8H2,1-2H3/t11-/m0/s1. The van der Waals surface area contributed by atoms with E-state index in [1.165, 1.54) is 0 Å². The van der Waals surface area contributed by atoms with Crippen molar-refractivity contribution in [2.75, 3.05) is 0 Å². The molecule has 0 saturated heterocycles. The average Bonchev–Trinajstić information content (AvgIpc) is 2.17. The molecule has 0 radical (unpaired) electrons. The summed E-state index contributed by atoms with van der Waals surface area (Å²) in [6.07, 6.45) is -0.916. The van der Waals surface area contributed by atoms with E-state index in [0.29, 0.717) is 0 Å². The van der Waals surface area contributed by atoms with E-state index in [9.17, 15) is 9.90 Å². The Balaban J connectivity index is 2.49. The Labute approximate surface area is 89.7 Å². The van der Waals surface area contributed by atoms with Gasteiger partial charge in [-0.15, -0.1) is 0 Å². The van der Waals surface area contributed by atoms with Crippen molar-refractivity contribution in [2.24, 2.45) is 0 Å². The molecule has 0 bridgehead atoms. The summed E-state index contributed by atoms with van der Waals surface area (Å²) < 4.78 is 4.94. The van der Waals surface area contributed by atoms with Crippen LogP contribution < -0.4 is 0 Å². The molecule has 0 unspecified atom stereocenters. The predicted molar refractivity (Wildman–Crippen MR) is 57.2 cm³/mol. The summed E-state index contributed by atoms with van der Waals surface area (Å²) in [7, 11) is 0. The maximum Gasteiger partial charge on any atom is 0.309 e. The van der Waals surface area contributed by atoms with Crippen LogP contribution in [0.4, 0.5) is 0 Å². The molecule has 0 heterocycles. The molecule has 0 aliphatic heterocycles. The molecule has 1 aromatic rings. The quantitative estimate of drug-likeness (QED) is 0.770. The lowest BCUT2D eigenvalue weighted by Crippen LogP contribution is -2.14. The van der Waals surface area contributed by atoms with Crippen molar-refractivity contribution in [1.82, 2.24) is 0 Å². The third-order valence-corrected chi connectivity index (χ3v) is 1.91. The molecular formula is C12H16O3. The molecule has 3 heteroatoms. The fourth-order valence-corrected chi connectivity index (χ4v) is 1.26. The van der Waals surface area contributed by atoms with E-state index in [4.69, 9.17) is 4.74 Å². The molecular weight excluding hydrogens is 192 g/mol. The van der Waals surface area contributed by atoms with Gasteiger partial charge in [0.15, 0.2) is 0 Å². The van der Waals surface area contributed by atoms with Crippen molar-refractivity contribution in [3.05, 3.63) is 35.9 Å². The Morgan fingerprint density at radius 2 is 1.93 bits per heavy atom. The largest absolute Gasteiger partial charge is 0.463 e. The molecule has 0 fully saturated rings. The maximum atomic E-state index is 11.3. The minimum absolute atomic E-state index is 0.00218. The van der Waals surface area contributed by atoms with Crippen molar-refractivity contribution in [3.63, 3.8) is 0 Å². The monoisotopic (exact) mass is 208 g/mol. The highest BCUT2D eigenvalue weighted by Gasteiger charge is 2.14. The third-order valence-electron chi connectivity index (χ3n) is 1.91. The van der Waals surface area contributed by atoms with Gasteiger partial charge in [-0.2, -0.15) is 0 Å². The normalized spacial score (nSPS) is 12.5. The molecule has 1 rings (SSSR count). The second-order valence-corrected chi connectivity index (χ2v) is 3.67.